The summed E-state index contributed by atoms with van der Waals surface area (Å²) >= 11 is 0. The second-order valence-electron chi connectivity index (χ2n) is 6.60. The van der Waals surface area contributed by atoms with Crippen molar-refractivity contribution in [1.29, 1.82) is 0 Å². The summed E-state index contributed by atoms with van der Waals surface area (Å²) in [6, 6.07) is 9.50. The Balaban J connectivity index is 1.67. The molecule has 0 spiro atoms. The third kappa shape index (κ3) is 4.91. The van der Waals surface area contributed by atoms with Crippen LogP contribution >= 0.6 is 0 Å². The molecular formula is C19H25N5O3. The maximum absolute atomic E-state index is 12.8. The van der Waals surface area contributed by atoms with Crippen molar-refractivity contribution in [3.8, 4) is 0 Å². The van der Waals surface area contributed by atoms with Crippen LogP contribution in [0, 0.1) is 6.92 Å². The van der Waals surface area contributed by atoms with Crippen LogP contribution in [0.1, 0.15) is 30.6 Å². The minimum atomic E-state index is -0.479. The molecule has 0 radical (unpaired) electrons. The van der Waals surface area contributed by atoms with Crippen LogP contribution in [0.25, 0.3) is 0 Å². The van der Waals surface area contributed by atoms with Crippen molar-refractivity contribution in [2.75, 3.05) is 19.6 Å². The fraction of sp³-hybridized carbons (Fsp3) is 0.474. The predicted octanol–water partition coefficient (Wildman–Crippen LogP) is 1.12. The molecule has 1 aromatic heterocycles. The summed E-state index contributed by atoms with van der Waals surface area (Å²) in [5.74, 6) is 0.739. The number of hydrogen-bond donors (Lipinski definition) is 1. The number of amides is 2. The van der Waals surface area contributed by atoms with Gasteiger partial charge in [-0.2, -0.15) is 4.98 Å². The van der Waals surface area contributed by atoms with Crippen LogP contribution in [0.15, 0.2) is 34.9 Å². The molecule has 3 rings (SSSR count). The summed E-state index contributed by atoms with van der Waals surface area (Å²) in [5, 5.41) is 6.72. The second kappa shape index (κ2) is 8.77. The average Bonchev–Trinajstić information content (AvgIpc) is 3.08. The third-order valence-electron chi connectivity index (χ3n) is 4.67. The highest BCUT2D eigenvalue weighted by Gasteiger charge is 2.33. The lowest BCUT2D eigenvalue weighted by atomic mass is 10.1. The van der Waals surface area contributed by atoms with Crippen molar-refractivity contribution in [3.63, 3.8) is 0 Å². The summed E-state index contributed by atoms with van der Waals surface area (Å²) in [5.41, 5.74) is 1.12. The van der Waals surface area contributed by atoms with Gasteiger partial charge >= 0.3 is 0 Å². The summed E-state index contributed by atoms with van der Waals surface area (Å²) in [4.78, 5) is 33.1. The Morgan fingerprint density at radius 2 is 2.15 bits per heavy atom. The van der Waals surface area contributed by atoms with E-state index in [-0.39, 0.29) is 24.8 Å². The van der Waals surface area contributed by atoms with E-state index < -0.39 is 6.04 Å². The Morgan fingerprint density at radius 1 is 1.37 bits per heavy atom. The van der Waals surface area contributed by atoms with Gasteiger partial charge in [-0.05, 0) is 12.5 Å². The number of nitrogens with one attached hydrogen (secondary N) is 1. The topological polar surface area (TPSA) is 91.6 Å². The molecule has 1 aromatic carbocycles. The zero-order valence-electron chi connectivity index (χ0n) is 15.7. The first-order valence-electron chi connectivity index (χ1n) is 9.19. The van der Waals surface area contributed by atoms with E-state index in [9.17, 15) is 9.59 Å². The number of hydrogen-bond acceptors (Lipinski definition) is 6. The first-order valence-corrected chi connectivity index (χ1v) is 9.19. The fourth-order valence-electron chi connectivity index (χ4n) is 3.24. The average molecular weight is 371 g/mol. The number of aryl methyl sites for hydroxylation is 1. The SMILES string of the molecule is CCN(Cc1noc(C)n1)C(=O)C[C@H]1C(=O)NCCN1Cc1ccccc1. The molecule has 1 aliphatic rings. The molecule has 1 atom stereocenters. The zero-order valence-corrected chi connectivity index (χ0v) is 15.7. The molecule has 1 N–H and O–H groups in total. The van der Waals surface area contributed by atoms with Crippen molar-refractivity contribution >= 4 is 11.8 Å². The molecule has 8 nitrogen and oxygen atoms in total. The van der Waals surface area contributed by atoms with Gasteiger partial charge in [-0.25, -0.2) is 0 Å². The molecular weight excluding hydrogens is 346 g/mol. The van der Waals surface area contributed by atoms with Gasteiger partial charge in [0.05, 0.1) is 19.0 Å². The molecule has 1 fully saturated rings. The maximum atomic E-state index is 12.8. The van der Waals surface area contributed by atoms with Gasteiger partial charge in [0, 0.05) is 33.1 Å². The minimum Gasteiger partial charge on any atom is -0.353 e. The van der Waals surface area contributed by atoms with Crippen molar-refractivity contribution < 1.29 is 14.1 Å². The molecule has 0 aliphatic carbocycles. The van der Waals surface area contributed by atoms with E-state index in [1.165, 1.54) is 0 Å². The van der Waals surface area contributed by atoms with Crippen molar-refractivity contribution in [1.82, 2.24) is 25.3 Å². The fourth-order valence-corrected chi connectivity index (χ4v) is 3.24. The van der Waals surface area contributed by atoms with Crippen LogP contribution < -0.4 is 5.32 Å². The summed E-state index contributed by atoms with van der Waals surface area (Å²) < 4.78 is 4.97. The second-order valence-corrected chi connectivity index (χ2v) is 6.60. The number of rotatable bonds is 7. The van der Waals surface area contributed by atoms with E-state index in [0.717, 1.165) is 12.1 Å². The Kier molecular flexibility index (Phi) is 6.18. The first-order chi connectivity index (χ1) is 13.1. The summed E-state index contributed by atoms with van der Waals surface area (Å²) in [7, 11) is 0. The van der Waals surface area contributed by atoms with Gasteiger partial charge in [-0.1, -0.05) is 35.5 Å². The number of benzene rings is 1. The molecule has 2 heterocycles. The van der Waals surface area contributed by atoms with E-state index in [0.29, 0.717) is 31.3 Å². The highest BCUT2D eigenvalue weighted by Crippen LogP contribution is 2.16. The quantitative estimate of drug-likeness (QED) is 0.784. The molecule has 144 valence electrons. The van der Waals surface area contributed by atoms with Gasteiger partial charge in [-0.15, -0.1) is 0 Å². The van der Waals surface area contributed by atoms with E-state index in [4.69, 9.17) is 4.52 Å². The molecule has 0 saturated carbocycles. The van der Waals surface area contributed by atoms with Gasteiger partial charge in [0.15, 0.2) is 5.82 Å². The molecule has 2 amide bonds. The number of nitrogens with zero attached hydrogens (tertiary/aromatic N) is 4. The molecule has 0 unspecified atom stereocenters. The smallest absolute Gasteiger partial charge is 0.237 e. The molecule has 0 bridgehead atoms. The molecule has 1 aliphatic heterocycles. The number of carbonyl (C=O) groups excluding carboxylic acids is 2. The number of piperazine rings is 1. The van der Waals surface area contributed by atoms with E-state index >= 15 is 0 Å². The number of carbonyl (C=O) groups is 2. The van der Waals surface area contributed by atoms with Gasteiger partial charge in [0.2, 0.25) is 17.7 Å². The minimum absolute atomic E-state index is 0.0972. The Morgan fingerprint density at radius 3 is 2.81 bits per heavy atom. The van der Waals surface area contributed by atoms with Crippen molar-refractivity contribution in [3.05, 3.63) is 47.6 Å². The largest absolute Gasteiger partial charge is 0.353 e. The van der Waals surface area contributed by atoms with Crippen LogP contribution in [-0.4, -0.2) is 57.4 Å². The third-order valence-corrected chi connectivity index (χ3v) is 4.67. The lowest BCUT2D eigenvalue weighted by molar-refractivity contribution is -0.139. The predicted molar refractivity (Wildman–Crippen MR) is 98.4 cm³/mol. The van der Waals surface area contributed by atoms with E-state index in [1.54, 1.807) is 11.8 Å². The molecule has 27 heavy (non-hydrogen) atoms. The summed E-state index contributed by atoms with van der Waals surface area (Å²) in [6.45, 7) is 6.35. The van der Waals surface area contributed by atoms with Crippen LogP contribution in [0.4, 0.5) is 0 Å². The van der Waals surface area contributed by atoms with Gasteiger partial charge in [0.25, 0.3) is 0 Å². The zero-order chi connectivity index (χ0) is 19.2. The standard InChI is InChI=1S/C19H25N5O3/c1-3-23(13-17-21-14(2)27-22-17)18(25)11-16-19(26)20-9-10-24(16)12-15-7-5-4-6-8-15/h4-8,16H,3,9-13H2,1-2H3,(H,20,26)/t16-/m0/s1. The lowest BCUT2D eigenvalue weighted by Crippen LogP contribution is -2.56. The maximum Gasteiger partial charge on any atom is 0.237 e. The van der Waals surface area contributed by atoms with Crippen LogP contribution in [0.2, 0.25) is 0 Å². The molecule has 1 saturated heterocycles. The van der Waals surface area contributed by atoms with Crippen molar-refractivity contribution in [2.24, 2.45) is 0 Å². The summed E-state index contributed by atoms with van der Waals surface area (Å²) in [6.07, 6.45) is 0.128. The Hall–Kier alpha value is -2.74. The van der Waals surface area contributed by atoms with Crippen LogP contribution in [-0.2, 0) is 22.7 Å². The van der Waals surface area contributed by atoms with E-state index in [2.05, 4.69) is 20.4 Å². The highest BCUT2D eigenvalue weighted by molar-refractivity contribution is 5.88. The number of aromatic nitrogens is 2. The Labute approximate surface area is 158 Å². The molecule has 2 aromatic rings. The van der Waals surface area contributed by atoms with E-state index in [1.807, 2.05) is 37.3 Å². The highest BCUT2D eigenvalue weighted by atomic mass is 16.5. The van der Waals surface area contributed by atoms with Crippen LogP contribution in [0.3, 0.4) is 0 Å². The van der Waals surface area contributed by atoms with Gasteiger partial charge in [-0.3, -0.25) is 14.5 Å². The van der Waals surface area contributed by atoms with Gasteiger partial charge in [0.1, 0.15) is 0 Å². The van der Waals surface area contributed by atoms with Crippen molar-refractivity contribution in [2.45, 2.75) is 39.4 Å². The normalized spacial score (nSPS) is 17.6. The lowest BCUT2D eigenvalue weighted by Gasteiger charge is -2.35. The first kappa shape index (κ1) is 19.0. The molecule has 8 heteroatoms. The van der Waals surface area contributed by atoms with Gasteiger partial charge < -0.3 is 14.7 Å². The van der Waals surface area contributed by atoms with Crippen LogP contribution in [0.5, 0.6) is 0 Å². The monoisotopic (exact) mass is 371 g/mol. The Bertz CT molecular complexity index is 777.